The van der Waals surface area contributed by atoms with E-state index in [1.54, 1.807) is 0 Å². The lowest BCUT2D eigenvalue weighted by atomic mass is 9.69. The lowest BCUT2D eigenvalue weighted by Crippen LogP contribution is -2.34. The van der Waals surface area contributed by atoms with Crippen molar-refractivity contribution >= 4 is 21.4 Å². The highest BCUT2D eigenvalue weighted by atomic mass is 79.9. The molecule has 2 heterocycles. The average Bonchev–Trinajstić information content (AvgIpc) is 2.58. The van der Waals surface area contributed by atoms with Crippen molar-refractivity contribution in [2.24, 2.45) is 0 Å². The minimum absolute atomic E-state index is 0.365. The molecule has 0 saturated heterocycles. The van der Waals surface area contributed by atoms with Crippen molar-refractivity contribution in [1.82, 2.24) is 9.38 Å². The number of hydrogen-bond donors (Lipinski definition) is 0. The Morgan fingerprint density at radius 2 is 2.25 bits per heavy atom. The summed E-state index contributed by atoms with van der Waals surface area (Å²) in [5.74, 6) is 0.878. The first-order chi connectivity index (χ1) is 7.77. The largest absolute Gasteiger partial charge is 0.301 e. The standard InChI is InChI=1S/C12H10BrN3/c13-10-9-4-1-2-7-16(9)11(15-10)12(8-14)5-3-6-12/h1-2,4,7H,3,5-6H2. The number of nitriles is 1. The zero-order valence-electron chi connectivity index (χ0n) is 8.65. The Morgan fingerprint density at radius 3 is 2.88 bits per heavy atom. The molecular formula is C12H10BrN3. The van der Waals surface area contributed by atoms with E-state index in [9.17, 15) is 5.26 Å². The van der Waals surface area contributed by atoms with Gasteiger partial charge in [-0.1, -0.05) is 6.07 Å². The van der Waals surface area contributed by atoms with Crippen LogP contribution in [0.25, 0.3) is 5.52 Å². The highest BCUT2D eigenvalue weighted by Gasteiger charge is 2.42. The number of pyridine rings is 1. The van der Waals surface area contributed by atoms with Crippen LogP contribution in [-0.2, 0) is 5.41 Å². The number of imidazole rings is 1. The van der Waals surface area contributed by atoms with Gasteiger partial charge >= 0.3 is 0 Å². The third-order valence-electron chi connectivity index (χ3n) is 3.35. The summed E-state index contributed by atoms with van der Waals surface area (Å²) in [4.78, 5) is 4.51. The quantitative estimate of drug-likeness (QED) is 0.803. The van der Waals surface area contributed by atoms with Crippen LogP contribution < -0.4 is 0 Å². The van der Waals surface area contributed by atoms with Crippen molar-refractivity contribution < 1.29 is 0 Å². The molecule has 1 saturated carbocycles. The number of fused-ring (bicyclic) bond motifs is 1. The summed E-state index contributed by atoms with van der Waals surface area (Å²) >= 11 is 3.45. The van der Waals surface area contributed by atoms with Crippen LogP contribution in [0.5, 0.6) is 0 Å². The van der Waals surface area contributed by atoms with Gasteiger partial charge in [-0.3, -0.25) is 0 Å². The van der Waals surface area contributed by atoms with Crippen LogP contribution >= 0.6 is 15.9 Å². The van der Waals surface area contributed by atoms with Gasteiger partial charge in [0, 0.05) is 6.20 Å². The molecule has 1 aliphatic carbocycles. The fourth-order valence-electron chi connectivity index (χ4n) is 2.25. The Kier molecular flexibility index (Phi) is 2.05. The summed E-state index contributed by atoms with van der Waals surface area (Å²) in [7, 11) is 0. The molecule has 0 aromatic carbocycles. The van der Waals surface area contributed by atoms with Crippen molar-refractivity contribution in [2.45, 2.75) is 24.7 Å². The lowest BCUT2D eigenvalue weighted by Gasteiger charge is -2.33. The Hall–Kier alpha value is -1.34. The monoisotopic (exact) mass is 275 g/mol. The molecule has 0 spiro atoms. The Balaban J connectivity index is 2.29. The molecule has 2 aromatic rings. The van der Waals surface area contributed by atoms with Gasteiger partial charge in [-0.25, -0.2) is 4.98 Å². The molecule has 0 radical (unpaired) electrons. The lowest BCUT2D eigenvalue weighted by molar-refractivity contribution is 0.306. The SMILES string of the molecule is N#CC1(c2nc(Br)c3ccccn23)CCC1. The molecule has 3 nitrogen and oxygen atoms in total. The van der Waals surface area contributed by atoms with Crippen LogP contribution in [0.4, 0.5) is 0 Å². The van der Waals surface area contributed by atoms with E-state index in [1.165, 1.54) is 0 Å². The van der Waals surface area contributed by atoms with Crippen LogP contribution in [0, 0.1) is 11.3 Å². The topological polar surface area (TPSA) is 41.1 Å². The van der Waals surface area contributed by atoms with Crippen molar-refractivity contribution in [3.8, 4) is 6.07 Å². The molecule has 0 amide bonds. The second kappa shape index (κ2) is 3.33. The Labute approximate surface area is 102 Å². The van der Waals surface area contributed by atoms with Crippen molar-refractivity contribution in [1.29, 1.82) is 5.26 Å². The van der Waals surface area contributed by atoms with Crippen LogP contribution in [0.15, 0.2) is 29.0 Å². The fourth-order valence-corrected chi connectivity index (χ4v) is 2.74. The van der Waals surface area contributed by atoms with Crippen molar-refractivity contribution in [3.05, 3.63) is 34.8 Å². The molecule has 0 N–H and O–H groups in total. The first-order valence-corrected chi connectivity index (χ1v) is 6.10. The maximum Gasteiger partial charge on any atom is 0.135 e. The van der Waals surface area contributed by atoms with E-state index < -0.39 is 0 Å². The minimum atomic E-state index is -0.365. The van der Waals surface area contributed by atoms with E-state index in [2.05, 4.69) is 27.0 Å². The second-order valence-corrected chi connectivity index (χ2v) is 4.98. The summed E-state index contributed by atoms with van der Waals surface area (Å²) in [5, 5.41) is 9.34. The van der Waals surface area contributed by atoms with Crippen molar-refractivity contribution in [3.63, 3.8) is 0 Å². The highest BCUT2D eigenvalue weighted by Crippen LogP contribution is 2.43. The molecule has 1 fully saturated rings. The van der Waals surface area contributed by atoms with E-state index in [0.717, 1.165) is 35.2 Å². The Bertz CT molecular complexity index is 590. The van der Waals surface area contributed by atoms with Gasteiger partial charge in [-0.15, -0.1) is 0 Å². The van der Waals surface area contributed by atoms with E-state index in [-0.39, 0.29) is 5.41 Å². The summed E-state index contributed by atoms with van der Waals surface area (Å²) < 4.78 is 2.84. The molecule has 0 bridgehead atoms. The summed E-state index contributed by atoms with van der Waals surface area (Å²) in [5.41, 5.74) is 0.662. The van der Waals surface area contributed by atoms with Gasteiger partial charge in [0.2, 0.25) is 0 Å². The van der Waals surface area contributed by atoms with E-state index in [1.807, 2.05) is 28.8 Å². The molecule has 0 atom stereocenters. The Morgan fingerprint density at radius 1 is 1.44 bits per heavy atom. The van der Waals surface area contributed by atoms with Gasteiger partial charge in [-0.05, 0) is 47.3 Å². The zero-order valence-corrected chi connectivity index (χ0v) is 10.2. The summed E-state index contributed by atoms with van der Waals surface area (Å²) in [6.07, 6.45) is 4.93. The van der Waals surface area contributed by atoms with Gasteiger partial charge in [0.25, 0.3) is 0 Å². The minimum Gasteiger partial charge on any atom is -0.301 e. The molecule has 16 heavy (non-hydrogen) atoms. The van der Waals surface area contributed by atoms with Gasteiger partial charge in [0.1, 0.15) is 15.8 Å². The predicted octanol–water partition coefficient (Wildman–Crippen LogP) is 3.04. The third kappa shape index (κ3) is 1.15. The molecule has 4 heteroatoms. The normalized spacial score (nSPS) is 18.0. The van der Waals surface area contributed by atoms with Crippen LogP contribution in [0.2, 0.25) is 0 Å². The smallest absolute Gasteiger partial charge is 0.135 e. The van der Waals surface area contributed by atoms with Crippen LogP contribution in [0.3, 0.4) is 0 Å². The third-order valence-corrected chi connectivity index (χ3v) is 3.94. The number of halogens is 1. The maximum atomic E-state index is 9.34. The zero-order chi connectivity index (χ0) is 11.2. The number of nitrogens with zero attached hydrogens (tertiary/aromatic N) is 3. The maximum absolute atomic E-state index is 9.34. The fraction of sp³-hybridized carbons (Fsp3) is 0.333. The summed E-state index contributed by atoms with van der Waals surface area (Å²) in [6.45, 7) is 0. The van der Waals surface area contributed by atoms with Gasteiger partial charge in [-0.2, -0.15) is 5.26 Å². The van der Waals surface area contributed by atoms with E-state index in [0.29, 0.717) is 0 Å². The molecule has 1 aliphatic rings. The summed E-state index contributed by atoms with van der Waals surface area (Å²) in [6, 6.07) is 8.38. The van der Waals surface area contributed by atoms with E-state index >= 15 is 0 Å². The molecular weight excluding hydrogens is 266 g/mol. The molecule has 0 aliphatic heterocycles. The highest BCUT2D eigenvalue weighted by molar-refractivity contribution is 9.10. The van der Waals surface area contributed by atoms with Crippen molar-refractivity contribution in [2.75, 3.05) is 0 Å². The first kappa shape index (κ1) is 9.86. The van der Waals surface area contributed by atoms with Gasteiger partial charge < -0.3 is 4.40 Å². The number of aromatic nitrogens is 2. The van der Waals surface area contributed by atoms with Crippen LogP contribution in [-0.4, -0.2) is 9.38 Å². The number of rotatable bonds is 1. The van der Waals surface area contributed by atoms with Gasteiger partial charge in [0.05, 0.1) is 11.6 Å². The average molecular weight is 276 g/mol. The number of hydrogen-bond acceptors (Lipinski definition) is 2. The molecule has 2 aromatic heterocycles. The van der Waals surface area contributed by atoms with Crippen LogP contribution in [0.1, 0.15) is 25.1 Å². The van der Waals surface area contributed by atoms with E-state index in [4.69, 9.17) is 0 Å². The van der Waals surface area contributed by atoms with Gasteiger partial charge in [0.15, 0.2) is 0 Å². The predicted molar refractivity (Wildman–Crippen MR) is 64.0 cm³/mol. The molecule has 0 unspecified atom stereocenters. The molecule has 80 valence electrons. The molecule has 3 rings (SSSR count). The second-order valence-electron chi connectivity index (χ2n) is 4.23. The first-order valence-electron chi connectivity index (χ1n) is 5.31.